The molecule has 0 aliphatic rings. The van der Waals surface area contributed by atoms with Crippen molar-refractivity contribution >= 4 is 40.2 Å². The zero-order chi connectivity index (χ0) is 16.7. The van der Waals surface area contributed by atoms with E-state index >= 15 is 0 Å². The molecule has 0 spiro atoms. The fraction of sp³-hybridized carbons (Fsp3) is 0.217. The Morgan fingerprint density at radius 3 is 1.24 bits per heavy atom. The molecule has 3 aromatic carbocycles. The second-order valence-corrected chi connectivity index (χ2v) is 10.5. The Morgan fingerprint density at radius 2 is 0.920 bits per heavy atom. The van der Waals surface area contributed by atoms with Gasteiger partial charge in [-0.1, -0.05) is 0 Å². The topological polar surface area (TPSA) is 0 Å². The van der Waals surface area contributed by atoms with Crippen LogP contribution in [0.1, 0.15) is 26.2 Å². The summed E-state index contributed by atoms with van der Waals surface area (Å²) in [4.78, 5) is 0. The van der Waals surface area contributed by atoms with Crippen LogP contribution in [0.5, 0.6) is 0 Å². The normalized spacial score (nSPS) is 11.6. The molecule has 3 aromatic rings. The molecular formula is C23H28BrP. The van der Waals surface area contributed by atoms with Gasteiger partial charge in [-0.25, -0.2) is 0 Å². The molecule has 0 bridgehead atoms. The Labute approximate surface area is 163 Å². The van der Waals surface area contributed by atoms with Crippen LogP contribution in [0.3, 0.4) is 0 Å². The summed E-state index contributed by atoms with van der Waals surface area (Å²) in [5.74, 6) is 0. The van der Waals surface area contributed by atoms with Crippen LogP contribution in [-0.4, -0.2) is 6.16 Å². The van der Waals surface area contributed by atoms with Crippen molar-refractivity contribution in [1.29, 1.82) is 0 Å². The van der Waals surface area contributed by atoms with Gasteiger partial charge in [0.15, 0.2) is 0 Å². The van der Waals surface area contributed by atoms with Crippen molar-refractivity contribution in [2.24, 2.45) is 0 Å². The zero-order valence-electron chi connectivity index (χ0n) is 14.9. The van der Waals surface area contributed by atoms with Gasteiger partial charge in [0.05, 0.1) is 0 Å². The van der Waals surface area contributed by atoms with Crippen molar-refractivity contribution in [2.45, 2.75) is 26.2 Å². The Bertz CT molecular complexity index is 629. The zero-order valence-corrected chi connectivity index (χ0v) is 17.6. The minimum absolute atomic E-state index is 0. The molecule has 0 aliphatic carbocycles. The molecule has 132 valence electrons. The molecule has 0 atom stereocenters. The molecule has 0 aromatic heterocycles. The maximum atomic E-state index is 2.35. The third-order valence-corrected chi connectivity index (χ3v) is 10.0. The molecule has 0 saturated carbocycles. The maximum absolute atomic E-state index is 2.35. The Hall–Kier alpha value is -1.43. The molecule has 25 heavy (non-hydrogen) atoms. The van der Waals surface area contributed by atoms with Crippen molar-refractivity contribution in [3.8, 4) is 0 Å². The molecule has 0 heterocycles. The summed E-state index contributed by atoms with van der Waals surface area (Å²) in [6, 6.07) is 33.6. The molecule has 0 amide bonds. The van der Waals surface area contributed by atoms with E-state index in [0.29, 0.717) is 0 Å². The molecule has 0 nitrogen and oxygen atoms in total. The molecule has 3 rings (SSSR count). The van der Waals surface area contributed by atoms with Crippen LogP contribution >= 0.6 is 24.2 Å². The van der Waals surface area contributed by atoms with E-state index in [-0.39, 0.29) is 17.0 Å². The Balaban J connectivity index is 0.00000225. The van der Waals surface area contributed by atoms with Gasteiger partial charge in [-0.05, 0) is 0 Å². The molecule has 0 fully saturated rings. The number of unbranched alkanes of at least 4 members (excludes halogenated alkanes) is 2. The number of benzene rings is 3. The van der Waals surface area contributed by atoms with Gasteiger partial charge in [0.2, 0.25) is 0 Å². The van der Waals surface area contributed by atoms with Crippen LogP contribution in [-0.2, 0) is 0 Å². The summed E-state index contributed by atoms with van der Waals surface area (Å²) in [6.07, 6.45) is 5.14. The number of rotatable bonds is 7. The van der Waals surface area contributed by atoms with E-state index in [1.165, 1.54) is 41.3 Å². The van der Waals surface area contributed by atoms with Gasteiger partial charge >= 0.3 is 147 Å². The van der Waals surface area contributed by atoms with Crippen LogP contribution in [0.2, 0.25) is 0 Å². The quantitative estimate of drug-likeness (QED) is 0.354. The first-order valence-corrected chi connectivity index (χ1v) is 11.2. The van der Waals surface area contributed by atoms with Crippen LogP contribution in [0.15, 0.2) is 91.0 Å². The summed E-state index contributed by atoms with van der Waals surface area (Å²) in [5.41, 5.74) is 0. The van der Waals surface area contributed by atoms with Crippen LogP contribution in [0.25, 0.3) is 0 Å². The van der Waals surface area contributed by atoms with E-state index in [4.69, 9.17) is 0 Å². The third kappa shape index (κ3) is 4.40. The average Bonchev–Trinajstić information content (AvgIpc) is 2.68. The molecular weight excluding hydrogens is 387 g/mol. The van der Waals surface area contributed by atoms with Crippen LogP contribution < -0.4 is 15.9 Å². The standard InChI is InChI=1S/C23H27P.BrH/c1-2-3-13-20-24(21-14-7-4-8-15-21,22-16-9-5-10-17-22)23-18-11-6-12-19-23;/h4-12,14-19,24H,2-3,13,20H2,1H3;1H. The van der Waals surface area contributed by atoms with E-state index in [0.717, 1.165) is 0 Å². The summed E-state index contributed by atoms with van der Waals surface area (Å²) < 4.78 is 0. The Kier molecular flexibility index (Phi) is 7.88. The van der Waals surface area contributed by atoms with E-state index in [1.54, 1.807) is 0 Å². The van der Waals surface area contributed by atoms with Crippen molar-refractivity contribution in [3.63, 3.8) is 0 Å². The number of hydrogen-bond donors (Lipinski definition) is 0. The predicted octanol–water partition coefficient (Wildman–Crippen LogP) is 5.48. The Morgan fingerprint density at radius 1 is 0.560 bits per heavy atom. The molecule has 2 heteroatoms. The van der Waals surface area contributed by atoms with E-state index in [1.807, 2.05) is 0 Å². The molecule has 0 N–H and O–H groups in total. The van der Waals surface area contributed by atoms with Gasteiger partial charge in [-0.2, -0.15) is 0 Å². The SMILES string of the molecule is Br.CCCCC[PH](c1ccccc1)(c1ccccc1)c1ccccc1. The summed E-state index contributed by atoms with van der Waals surface area (Å²) >= 11 is 0. The first-order valence-electron chi connectivity index (χ1n) is 9.04. The summed E-state index contributed by atoms with van der Waals surface area (Å²) in [7, 11) is -1.96. The first-order chi connectivity index (χ1) is 11.9. The fourth-order valence-electron chi connectivity index (χ4n) is 3.74. The molecule has 0 aliphatic heterocycles. The predicted molar refractivity (Wildman–Crippen MR) is 121 cm³/mol. The van der Waals surface area contributed by atoms with E-state index in [9.17, 15) is 0 Å². The molecule has 0 saturated heterocycles. The van der Waals surface area contributed by atoms with Crippen molar-refractivity contribution in [3.05, 3.63) is 91.0 Å². The van der Waals surface area contributed by atoms with Crippen LogP contribution in [0, 0.1) is 0 Å². The first kappa shape index (κ1) is 19.9. The van der Waals surface area contributed by atoms with Gasteiger partial charge < -0.3 is 0 Å². The monoisotopic (exact) mass is 414 g/mol. The molecule has 0 unspecified atom stereocenters. The second kappa shape index (κ2) is 9.90. The van der Waals surface area contributed by atoms with Gasteiger partial charge in [0.1, 0.15) is 0 Å². The summed E-state index contributed by atoms with van der Waals surface area (Å²) in [6.45, 7) is 2.29. The average molecular weight is 415 g/mol. The van der Waals surface area contributed by atoms with Gasteiger partial charge in [0, 0.05) is 0 Å². The van der Waals surface area contributed by atoms with Crippen molar-refractivity contribution in [2.75, 3.05) is 6.16 Å². The minimum atomic E-state index is -1.96. The fourth-order valence-corrected chi connectivity index (χ4v) is 8.67. The third-order valence-electron chi connectivity index (χ3n) is 4.96. The molecule has 0 radical (unpaired) electrons. The van der Waals surface area contributed by atoms with Crippen LogP contribution in [0.4, 0.5) is 0 Å². The summed E-state index contributed by atoms with van der Waals surface area (Å²) in [5, 5.41) is 4.58. The van der Waals surface area contributed by atoms with Gasteiger partial charge in [-0.15, -0.1) is 17.0 Å². The number of hydrogen-bond acceptors (Lipinski definition) is 0. The van der Waals surface area contributed by atoms with E-state index in [2.05, 4.69) is 97.9 Å². The van der Waals surface area contributed by atoms with E-state index < -0.39 is 7.26 Å². The van der Waals surface area contributed by atoms with Crippen molar-refractivity contribution < 1.29 is 0 Å². The van der Waals surface area contributed by atoms with Gasteiger partial charge in [-0.3, -0.25) is 0 Å². The van der Waals surface area contributed by atoms with Crippen molar-refractivity contribution in [1.82, 2.24) is 0 Å². The second-order valence-electron chi connectivity index (χ2n) is 6.46. The number of halogens is 1. The van der Waals surface area contributed by atoms with Gasteiger partial charge in [0.25, 0.3) is 0 Å².